The minimum absolute atomic E-state index is 0.210. The Morgan fingerprint density at radius 2 is 2.06 bits per heavy atom. The van der Waals surface area contributed by atoms with Crippen LogP contribution in [0.15, 0.2) is 0 Å². The first kappa shape index (κ1) is 15.8. The van der Waals surface area contributed by atoms with Crippen molar-refractivity contribution in [3.63, 3.8) is 0 Å². The molecule has 1 aliphatic rings. The Morgan fingerprint density at radius 1 is 1.39 bits per heavy atom. The van der Waals surface area contributed by atoms with E-state index in [1.807, 2.05) is 6.92 Å². The zero-order chi connectivity index (χ0) is 13.4. The number of carbonyl (C=O) groups is 1. The van der Waals surface area contributed by atoms with Gasteiger partial charge in [-0.15, -0.1) is 0 Å². The van der Waals surface area contributed by atoms with Crippen molar-refractivity contribution < 1.29 is 9.90 Å². The normalized spacial score (nSPS) is 18.6. The third kappa shape index (κ3) is 5.19. The Labute approximate surface area is 115 Å². The van der Waals surface area contributed by atoms with E-state index in [9.17, 15) is 4.79 Å². The number of carbonyl (C=O) groups excluding carboxylic acids is 1. The first-order valence-corrected chi connectivity index (χ1v) is 8.32. The molecule has 18 heavy (non-hydrogen) atoms. The quantitative estimate of drug-likeness (QED) is 0.775. The van der Waals surface area contributed by atoms with Crippen molar-refractivity contribution in [2.45, 2.75) is 52.0 Å². The van der Waals surface area contributed by atoms with Gasteiger partial charge in [0.05, 0.1) is 5.75 Å². The van der Waals surface area contributed by atoms with Crippen LogP contribution in [0.3, 0.4) is 0 Å². The van der Waals surface area contributed by atoms with E-state index in [-0.39, 0.29) is 18.4 Å². The van der Waals surface area contributed by atoms with Gasteiger partial charge in [0.25, 0.3) is 0 Å². The van der Waals surface area contributed by atoms with Crippen LogP contribution >= 0.6 is 11.8 Å². The molecule has 0 aliphatic heterocycles. The predicted molar refractivity (Wildman–Crippen MR) is 77.8 cm³/mol. The standard InChI is InChI=1S/C14H27NO2S/c1-3-15(13-7-5-4-6-8-13)14(17)11-18-10-12(2)9-16/h12-13,16H,3-11H2,1-2H3. The largest absolute Gasteiger partial charge is 0.396 e. The van der Waals surface area contributed by atoms with Crippen LogP contribution in [0.2, 0.25) is 0 Å². The van der Waals surface area contributed by atoms with Gasteiger partial charge in [0.1, 0.15) is 0 Å². The molecule has 1 atom stereocenters. The second-order valence-electron chi connectivity index (χ2n) is 5.27. The lowest BCUT2D eigenvalue weighted by molar-refractivity contribution is -0.131. The van der Waals surface area contributed by atoms with Crippen LogP contribution in [0.25, 0.3) is 0 Å². The molecule has 106 valence electrons. The topological polar surface area (TPSA) is 40.5 Å². The summed E-state index contributed by atoms with van der Waals surface area (Å²) in [5.41, 5.74) is 0. The van der Waals surface area contributed by atoms with E-state index in [4.69, 9.17) is 5.11 Å². The maximum absolute atomic E-state index is 12.2. The first-order chi connectivity index (χ1) is 8.69. The number of aliphatic hydroxyl groups excluding tert-OH is 1. The van der Waals surface area contributed by atoms with E-state index in [1.165, 1.54) is 32.1 Å². The van der Waals surface area contributed by atoms with Gasteiger partial charge in [-0.25, -0.2) is 0 Å². The average Bonchev–Trinajstić information content (AvgIpc) is 2.40. The molecule has 0 aromatic heterocycles. The molecule has 1 fully saturated rings. The van der Waals surface area contributed by atoms with Gasteiger partial charge in [0, 0.05) is 19.2 Å². The highest BCUT2D eigenvalue weighted by Crippen LogP contribution is 2.23. The van der Waals surface area contributed by atoms with Gasteiger partial charge >= 0.3 is 0 Å². The molecule has 0 saturated heterocycles. The number of hydrogen-bond acceptors (Lipinski definition) is 3. The van der Waals surface area contributed by atoms with Crippen molar-refractivity contribution in [2.75, 3.05) is 24.7 Å². The molecule has 3 nitrogen and oxygen atoms in total. The molecule has 1 rings (SSSR count). The zero-order valence-electron chi connectivity index (χ0n) is 11.7. The van der Waals surface area contributed by atoms with Gasteiger partial charge < -0.3 is 10.0 Å². The molecule has 1 aliphatic carbocycles. The van der Waals surface area contributed by atoms with Crippen molar-refractivity contribution in [3.8, 4) is 0 Å². The van der Waals surface area contributed by atoms with Crippen LogP contribution in [-0.4, -0.2) is 46.6 Å². The SMILES string of the molecule is CCN(C(=O)CSCC(C)CO)C1CCCCC1. The molecule has 0 aromatic rings. The Kier molecular flexibility index (Phi) is 7.75. The average molecular weight is 273 g/mol. The summed E-state index contributed by atoms with van der Waals surface area (Å²) in [5, 5.41) is 8.95. The van der Waals surface area contributed by atoms with Gasteiger partial charge in [0.2, 0.25) is 5.91 Å². The Hall–Kier alpha value is -0.220. The number of hydrogen-bond donors (Lipinski definition) is 1. The lowest BCUT2D eigenvalue weighted by Crippen LogP contribution is -2.42. The highest BCUT2D eigenvalue weighted by Gasteiger charge is 2.23. The fourth-order valence-electron chi connectivity index (χ4n) is 2.51. The van der Waals surface area contributed by atoms with Crippen molar-refractivity contribution >= 4 is 17.7 Å². The third-order valence-electron chi connectivity index (χ3n) is 3.62. The summed E-state index contributed by atoms with van der Waals surface area (Å²) in [4.78, 5) is 14.3. The van der Waals surface area contributed by atoms with Gasteiger partial charge in [-0.3, -0.25) is 4.79 Å². The van der Waals surface area contributed by atoms with Gasteiger partial charge in [-0.2, -0.15) is 11.8 Å². The fourth-order valence-corrected chi connectivity index (χ4v) is 3.48. The minimum Gasteiger partial charge on any atom is -0.396 e. The molecule has 0 heterocycles. The first-order valence-electron chi connectivity index (χ1n) is 7.17. The summed E-state index contributed by atoms with van der Waals surface area (Å²) in [6.07, 6.45) is 6.21. The van der Waals surface area contributed by atoms with Gasteiger partial charge in [-0.1, -0.05) is 26.2 Å². The number of aliphatic hydroxyl groups is 1. The van der Waals surface area contributed by atoms with E-state index in [0.29, 0.717) is 11.8 Å². The lowest BCUT2D eigenvalue weighted by Gasteiger charge is -2.33. The summed E-state index contributed by atoms with van der Waals surface area (Å²) in [7, 11) is 0. The van der Waals surface area contributed by atoms with Crippen molar-refractivity contribution in [2.24, 2.45) is 5.92 Å². The molecule has 1 amide bonds. The number of rotatable bonds is 7. The smallest absolute Gasteiger partial charge is 0.232 e. The number of thioether (sulfide) groups is 1. The van der Waals surface area contributed by atoms with Crippen LogP contribution in [0.5, 0.6) is 0 Å². The second kappa shape index (κ2) is 8.81. The molecular weight excluding hydrogens is 246 g/mol. The molecule has 1 unspecified atom stereocenters. The van der Waals surface area contributed by atoms with E-state index in [0.717, 1.165) is 12.3 Å². The molecular formula is C14H27NO2S. The van der Waals surface area contributed by atoms with Crippen molar-refractivity contribution in [1.29, 1.82) is 0 Å². The Balaban J connectivity index is 2.32. The van der Waals surface area contributed by atoms with Crippen LogP contribution in [-0.2, 0) is 4.79 Å². The van der Waals surface area contributed by atoms with Crippen molar-refractivity contribution in [1.82, 2.24) is 4.90 Å². The molecule has 0 aromatic carbocycles. The van der Waals surface area contributed by atoms with Crippen LogP contribution in [0.4, 0.5) is 0 Å². The Bertz CT molecular complexity index is 242. The summed E-state index contributed by atoms with van der Waals surface area (Å²) < 4.78 is 0. The predicted octanol–water partition coefficient (Wildman–Crippen LogP) is 2.53. The second-order valence-corrected chi connectivity index (χ2v) is 6.30. The molecule has 0 spiro atoms. The third-order valence-corrected chi connectivity index (χ3v) is 4.87. The summed E-state index contributed by atoms with van der Waals surface area (Å²) >= 11 is 1.65. The van der Waals surface area contributed by atoms with Gasteiger partial charge in [-0.05, 0) is 31.4 Å². The number of amides is 1. The fraction of sp³-hybridized carbons (Fsp3) is 0.929. The molecule has 1 N–H and O–H groups in total. The van der Waals surface area contributed by atoms with Crippen LogP contribution < -0.4 is 0 Å². The monoisotopic (exact) mass is 273 g/mol. The van der Waals surface area contributed by atoms with Crippen LogP contribution in [0, 0.1) is 5.92 Å². The summed E-state index contributed by atoms with van der Waals surface area (Å²) in [5.74, 6) is 1.99. The lowest BCUT2D eigenvalue weighted by atomic mass is 9.94. The maximum atomic E-state index is 12.2. The van der Waals surface area contributed by atoms with E-state index < -0.39 is 0 Å². The molecule has 1 saturated carbocycles. The van der Waals surface area contributed by atoms with E-state index >= 15 is 0 Å². The number of nitrogens with zero attached hydrogens (tertiary/aromatic N) is 1. The van der Waals surface area contributed by atoms with E-state index in [1.54, 1.807) is 11.8 Å². The summed E-state index contributed by atoms with van der Waals surface area (Å²) in [6, 6.07) is 0.479. The van der Waals surface area contributed by atoms with Gasteiger partial charge in [0.15, 0.2) is 0 Å². The zero-order valence-corrected chi connectivity index (χ0v) is 12.5. The Morgan fingerprint density at radius 3 is 2.61 bits per heavy atom. The molecule has 4 heteroatoms. The minimum atomic E-state index is 0.210. The molecule has 0 radical (unpaired) electrons. The maximum Gasteiger partial charge on any atom is 0.232 e. The highest BCUT2D eigenvalue weighted by atomic mass is 32.2. The highest BCUT2D eigenvalue weighted by molar-refractivity contribution is 7.99. The summed E-state index contributed by atoms with van der Waals surface area (Å²) in [6.45, 7) is 5.13. The van der Waals surface area contributed by atoms with Crippen LogP contribution in [0.1, 0.15) is 46.0 Å². The van der Waals surface area contributed by atoms with E-state index in [2.05, 4.69) is 11.8 Å². The van der Waals surface area contributed by atoms with Crippen molar-refractivity contribution in [3.05, 3.63) is 0 Å². The molecule has 0 bridgehead atoms.